The van der Waals surface area contributed by atoms with Gasteiger partial charge in [-0.15, -0.1) is 0 Å². The summed E-state index contributed by atoms with van der Waals surface area (Å²) in [7, 11) is 1.96. The zero-order valence-corrected chi connectivity index (χ0v) is 12.6. The molecule has 21 heavy (non-hydrogen) atoms. The Balaban J connectivity index is 2.10. The van der Waals surface area contributed by atoms with E-state index in [1.165, 1.54) is 0 Å². The van der Waals surface area contributed by atoms with E-state index in [1.54, 1.807) is 6.20 Å². The quantitative estimate of drug-likeness (QED) is 0.752. The Bertz CT molecular complexity index is 824. The Morgan fingerprint density at radius 3 is 2.90 bits per heavy atom. The number of aromatic nitrogens is 3. The molecule has 2 N–H and O–H groups in total. The van der Waals surface area contributed by atoms with Crippen molar-refractivity contribution < 1.29 is 0 Å². The molecule has 0 saturated carbocycles. The molecule has 106 valence electrons. The summed E-state index contributed by atoms with van der Waals surface area (Å²) in [6.45, 7) is 1.96. The van der Waals surface area contributed by atoms with Crippen LogP contribution in [-0.4, -0.2) is 26.6 Å². The molecule has 0 bridgehead atoms. The van der Waals surface area contributed by atoms with Crippen molar-refractivity contribution in [3.8, 4) is 0 Å². The second kappa shape index (κ2) is 5.14. The summed E-state index contributed by atoms with van der Waals surface area (Å²) in [5, 5.41) is 4.40. The van der Waals surface area contributed by atoms with E-state index in [4.69, 9.17) is 18.0 Å². The lowest BCUT2D eigenvalue weighted by Gasteiger charge is -2.19. The van der Waals surface area contributed by atoms with E-state index in [0.717, 1.165) is 28.3 Å². The van der Waals surface area contributed by atoms with Gasteiger partial charge in [-0.2, -0.15) is 5.10 Å². The summed E-state index contributed by atoms with van der Waals surface area (Å²) in [5.41, 5.74) is 9.42. The van der Waals surface area contributed by atoms with E-state index < -0.39 is 0 Å². The van der Waals surface area contributed by atoms with Gasteiger partial charge in [-0.3, -0.25) is 0 Å². The van der Waals surface area contributed by atoms with Crippen LogP contribution in [0.25, 0.3) is 5.52 Å². The van der Waals surface area contributed by atoms with E-state index >= 15 is 0 Å². The summed E-state index contributed by atoms with van der Waals surface area (Å²) in [6, 6.07) is 9.79. The van der Waals surface area contributed by atoms with Crippen LogP contribution >= 0.6 is 12.2 Å². The first-order valence-electron chi connectivity index (χ1n) is 6.51. The Morgan fingerprint density at radius 2 is 2.14 bits per heavy atom. The van der Waals surface area contributed by atoms with Crippen molar-refractivity contribution >= 4 is 34.2 Å². The van der Waals surface area contributed by atoms with Gasteiger partial charge in [0.1, 0.15) is 10.5 Å². The van der Waals surface area contributed by atoms with Gasteiger partial charge in [0.15, 0.2) is 5.82 Å². The Kier molecular flexibility index (Phi) is 3.31. The molecule has 0 atom stereocenters. The predicted octanol–water partition coefficient (Wildman–Crippen LogP) is 2.44. The molecule has 0 saturated heterocycles. The summed E-state index contributed by atoms with van der Waals surface area (Å²) >= 11 is 5.03. The third-order valence-corrected chi connectivity index (χ3v) is 3.56. The molecule has 0 fully saturated rings. The van der Waals surface area contributed by atoms with Crippen molar-refractivity contribution in [1.29, 1.82) is 0 Å². The normalized spacial score (nSPS) is 10.8. The van der Waals surface area contributed by atoms with E-state index in [1.807, 2.05) is 59.9 Å². The minimum absolute atomic E-state index is 0.386. The average molecular weight is 297 g/mol. The zero-order valence-electron chi connectivity index (χ0n) is 11.8. The number of fused-ring (bicyclic) bond motifs is 1. The van der Waals surface area contributed by atoms with Gasteiger partial charge >= 0.3 is 0 Å². The van der Waals surface area contributed by atoms with E-state index in [-0.39, 0.29) is 0 Å². The highest BCUT2D eigenvalue weighted by Gasteiger charge is 2.12. The van der Waals surface area contributed by atoms with Gasteiger partial charge in [-0.1, -0.05) is 24.4 Å². The molecular formula is C15H15N5S. The van der Waals surface area contributed by atoms with Gasteiger partial charge in [0.05, 0.1) is 5.69 Å². The van der Waals surface area contributed by atoms with Crippen LogP contribution in [-0.2, 0) is 0 Å². The van der Waals surface area contributed by atoms with Gasteiger partial charge in [0.2, 0.25) is 0 Å². The highest BCUT2D eigenvalue weighted by molar-refractivity contribution is 7.80. The summed E-state index contributed by atoms with van der Waals surface area (Å²) in [5.74, 6) is 0.832. The number of anilines is 2. The number of aryl methyl sites for hydroxylation is 1. The fourth-order valence-corrected chi connectivity index (χ4v) is 2.41. The van der Waals surface area contributed by atoms with Crippen LogP contribution in [0.4, 0.5) is 11.5 Å². The number of rotatable bonds is 3. The highest BCUT2D eigenvalue weighted by Crippen LogP contribution is 2.26. The molecule has 6 heteroatoms. The highest BCUT2D eigenvalue weighted by atomic mass is 32.1. The molecule has 0 aliphatic carbocycles. The number of nitrogens with zero attached hydrogens (tertiary/aromatic N) is 4. The molecule has 5 nitrogen and oxygen atoms in total. The number of thiocarbonyl (C=S) groups is 1. The predicted molar refractivity (Wildman–Crippen MR) is 88.1 cm³/mol. The molecule has 0 unspecified atom stereocenters. The van der Waals surface area contributed by atoms with Crippen LogP contribution in [0, 0.1) is 6.92 Å². The van der Waals surface area contributed by atoms with E-state index in [0.29, 0.717) is 4.99 Å². The van der Waals surface area contributed by atoms with Crippen molar-refractivity contribution in [3.05, 3.63) is 54.0 Å². The molecule has 0 aliphatic rings. The molecule has 3 rings (SSSR count). The van der Waals surface area contributed by atoms with Gasteiger partial charge in [0.25, 0.3) is 0 Å². The lowest BCUT2D eigenvalue weighted by Crippen LogP contribution is -2.14. The maximum atomic E-state index is 5.70. The summed E-state index contributed by atoms with van der Waals surface area (Å²) in [6.07, 6.45) is 3.58. The van der Waals surface area contributed by atoms with Crippen LogP contribution in [0.3, 0.4) is 0 Å². The van der Waals surface area contributed by atoms with E-state index in [9.17, 15) is 0 Å². The van der Waals surface area contributed by atoms with Gasteiger partial charge in [0, 0.05) is 30.7 Å². The van der Waals surface area contributed by atoms with Crippen molar-refractivity contribution in [3.63, 3.8) is 0 Å². The van der Waals surface area contributed by atoms with Gasteiger partial charge in [-0.25, -0.2) is 9.50 Å². The first kappa shape index (κ1) is 13.5. The standard InChI is InChI=1S/C15H15N5S/c1-10-8-13-15(17-6-7-20(13)18-10)19(2)12-5-3-4-11(9-12)14(16)21/h3-9H,1-2H3,(H2,16,21). The lowest BCUT2D eigenvalue weighted by molar-refractivity contribution is 0.917. The minimum atomic E-state index is 0.386. The topological polar surface area (TPSA) is 59.5 Å². The molecule has 0 amide bonds. The Hall–Kier alpha value is -2.47. The van der Waals surface area contributed by atoms with Crippen molar-refractivity contribution in [2.75, 3.05) is 11.9 Å². The van der Waals surface area contributed by atoms with Crippen molar-refractivity contribution in [1.82, 2.24) is 14.6 Å². The molecule has 3 aromatic rings. The van der Waals surface area contributed by atoms with Gasteiger partial charge < -0.3 is 10.6 Å². The molecule has 2 heterocycles. The molecule has 1 aromatic carbocycles. The SMILES string of the molecule is Cc1cc2c(N(C)c3cccc(C(N)=S)c3)nccn2n1. The number of hydrogen-bond acceptors (Lipinski definition) is 4. The fraction of sp³-hybridized carbons (Fsp3) is 0.133. The number of nitrogens with two attached hydrogens (primary N) is 1. The maximum absolute atomic E-state index is 5.70. The average Bonchev–Trinajstić information content (AvgIpc) is 2.86. The second-order valence-electron chi connectivity index (χ2n) is 4.84. The summed E-state index contributed by atoms with van der Waals surface area (Å²) < 4.78 is 1.82. The molecular weight excluding hydrogens is 282 g/mol. The number of hydrogen-bond donors (Lipinski definition) is 1. The van der Waals surface area contributed by atoms with Crippen molar-refractivity contribution in [2.45, 2.75) is 6.92 Å². The molecule has 0 spiro atoms. The Labute approximate surface area is 128 Å². The first-order chi connectivity index (χ1) is 10.1. The van der Waals surface area contributed by atoms with E-state index in [2.05, 4.69) is 10.1 Å². The maximum Gasteiger partial charge on any atom is 0.158 e. The van der Waals surface area contributed by atoms with Gasteiger partial charge in [-0.05, 0) is 25.1 Å². The smallest absolute Gasteiger partial charge is 0.158 e. The zero-order chi connectivity index (χ0) is 15.0. The Morgan fingerprint density at radius 1 is 1.33 bits per heavy atom. The van der Waals surface area contributed by atoms with Crippen LogP contribution in [0.1, 0.15) is 11.3 Å². The third kappa shape index (κ3) is 2.45. The van der Waals surface area contributed by atoms with Crippen LogP contribution in [0.5, 0.6) is 0 Å². The number of benzene rings is 1. The lowest BCUT2D eigenvalue weighted by atomic mass is 10.2. The first-order valence-corrected chi connectivity index (χ1v) is 6.91. The van der Waals surface area contributed by atoms with Crippen LogP contribution < -0.4 is 10.6 Å². The fourth-order valence-electron chi connectivity index (χ4n) is 2.28. The van der Waals surface area contributed by atoms with Crippen LogP contribution in [0.2, 0.25) is 0 Å². The molecule has 0 radical (unpaired) electrons. The van der Waals surface area contributed by atoms with Crippen molar-refractivity contribution in [2.24, 2.45) is 5.73 Å². The minimum Gasteiger partial charge on any atom is -0.389 e. The molecule has 0 aliphatic heterocycles. The molecule has 2 aromatic heterocycles. The monoisotopic (exact) mass is 297 g/mol. The largest absolute Gasteiger partial charge is 0.389 e. The summed E-state index contributed by atoms with van der Waals surface area (Å²) in [4.78, 5) is 6.86. The third-order valence-electron chi connectivity index (χ3n) is 3.33. The van der Waals surface area contributed by atoms with Crippen LogP contribution in [0.15, 0.2) is 42.7 Å². The second-order valence-corrected chi connectivity index (χ2v) is 5.28.